The first kappa shape index (κ1) is 15.3. The van der Waals surface area contributed by atoms with Gasteiger partial charge in [0.05, 0.1) is 11.9 Å². The highest BCUT2D eigenvalue weighted by Gasteiger charge is 2.19. The van der Waals surface area contributed by atoms with E-state index in [1.807, 2.05) is 31.3 Å². The van der Waals surface area contributed by atoms with Crippen LogP contribution in [0.3, 0.4) is 0 Å². The van der Waals surface area contributed by atoms with Crippen molar-refractivity contribution in [3.63, 3.8) is 0 Å². The normalized spacial score (nSPS) is 12.7. The van der Waals surface area contributed by atoms with Crippen molar-refractivity contribution in [1.29, 1.82) is 0 Å². The Morgan fingerprint density at radius 1 is 1.30 bits per heavy atom. The van der Waals surface area contributed by atoms with Gasteiger partial charge in [-0.15, -0.1) is 22.9 Å². The van der Waals surface area contributed by atoms with Crippen LogP contribution in [-0.2, 0) is 6.54 Å². The first-order valence-corrected chi connectivity index (χ1v) is 7.97. The number of ketones is 1. The Hall–Kier alpha value is -1.06. The molecule has 2 rings (SSSR count). The van der Waals surface area contributed by atoms with Gasteiger partial charge in [-0.25, -0.2) is 0 Å². The van der Waals surface area contributed by atoms with E-state index in [0.29, 0.717) is 0 Å². The van der Waals surface area contributed by atoms with Crippen LogP contribution in [0.15, 0.2) is 12.1 Å². The summed E-state index contributed by atoms with van der Waals surface area (Å²) in [6.45, 7) is 10.9. The summed E-state index contributed by atoms with van der Waals surface area (Å²) < 4.78 is 2.19. The molecular weight excluding hydrogens is 290 g/mol. The van der Waals surface area contributed by atoms with E-state index in [1.54, 1.807) is 6.92 Å². The monoisotopic (exact) mass is 309 g/mol. The number of aryl methyl sites for hydroxylation is 3. The predicted molar refractivity (Wildman–Crippen MR) is 86.4 cm³/mol. The third-order valence-corrected chi connectivity index (χ3v) is 5.07. The van der Waals surface area contributed by atoms with Crippen molar-refractivity contribution in [1.82, 2.24) is 4.57 Å². The number of halogens is 1. The van der Waals surface area contributed by atoms with Gasteiger partial charge in [0.25, 0.3) is 0 Å². The molecule has 0 saturated carbocycles. The minimum Gasteiger partial charge on any atom is -0.343 e. The van der Waals surface area contributed by atoms with Crippen molar-refractivity contribution in [2.45, 2.75) is 46.5 Å². The zero-order valence-electron chi connectivity index (χ0n) is 12.6. The summed E-state index contributed by atoms with van der Waals surface area (Å²) in [7, 11) is 0. The first-order valence-electron chi connectivity index (χ1n) is 6.72. The standard InChI is InChI=1S/C16H20ClNOS/c1-9-6-14(20-13(9)5)8-18-10(2)7-15(12(18)4)16(19)11(3)17/h6-7,11H,8H2,1-5H3. The molecule has 0 spiro atoms. The maximum atomic E-state index is 12.1. The highest BCUT2D eigenvalue weighted by atomic mass is 35.5. The second kappa shape index (κ2) is 5.74. The van der Waals surface area contributed by atoms with Crippen molar-refractivity contribution < 1.29 is 4.79 Å². The van der Waals surface area contributed by atoms with Crippen LogP contribution < -0.4 is 0 Å². The molecule has 2 heterocycles. The summed E-state index contributed by atoms with van der Waals surface area (Å²) in [5.74, 6) is 0.00422. The third-order valence-electron chi connectivity index (χ3n) is 3.73. The summed E-state index contributed by atoms with van der Waals surface area (Å²) in [5, 5.41) is -0.477. The molecule has 0 aromatic carbocycles. The van der Waals surface area contributed by atoms with E-state index >= 15 is 0 Å². The summed E-state index contributed by atoms with van der Waals surface area (Å²) in [5.41, 5.74) is 4.18. The van der Waals surface area contributed by atoms with Gasteiger partial charge in [-0.05, 0) is 52.3 Å². The van der Waals surface area contributed by atoms with E-state index in [4.69, 9.17) is 11.6 Å². The van der Waals surface area contributed by atoms with Crippen LogP contribution in [0, 0.1) is 27.7 Å². The molecule has 2 nitrogen and oxygen atoms in total. The second-order valence-electron chi connectivity index (χ2n) is 5.30. The smallest absolute Gasteiger partial charge is 0.182 e. The van der Waals surface area contributed by atoms with Gasteiger partial charge in [0.2, 0.25) is 0 Å². The molecule has 0 amide bonds. The number of carbonyl (C=O) groups excluding carboxylic acids is 1. The topological polar surface area (TPSA) is 22.0 Å². The van der Waals surface area contributed by atoms with Crippen LogP contribution in [0.5, 0.6) is 0 Å². The van der Waals surface area contributed by atoms with Gasteiger partial charge in [0.15, 0.2) is 5.78 Å². The fourth-order valence-corrected chi connectivity index (χ4v) is 3.55. The Bertz CT molecular complexity index is 632. The van der Waals surface area contributed by atoms with Crippen molar-refractivity contribution in [2.75, 3.05) is 0 Å². The molecule has 0 radical (unpaired) electrons. The van der Waals surface area contributed by atoms with Crippen LogP contribution >= 0.6 is 22.9 Å². The van der Waals surface area contributed by atoms with Crippen molar-refractivity contribution >= 4 is 28.7 Å². The third kappa shape index (κ3) is 2.84. The van der Waals surface area contributed by atoms with Gasteiger partial charge in [-0.2, -0.15) is 0 Å². The molecule has 1 atom stereocenters. The molecule has 0 aliphatic carbocycles. The molecule has 2 aromatic heterocycles. The first-order chi connectivity index (χ1) is 9.31. The molecule has 2 aromatic rings. The number of Topliss-reactive ketones (excluding diaryl/α,β-unsaturated/α-hetero) is 1. The Kier molecular flexibility index (Phi) is 4.40. The van der Waals surface area contributed by atoms with Crippen molar-refractivity contribution in [3.05, 3.63) is 44.4 Å². The fraction of sp³-hybridized carbons (Fsp3) is 0.438. The van der Waals surface area contributed by atoms with Gasteiger partial charge in [-0.1, -0.05) is 0 Å². The number of nitrogens with zero attached hydrogens (tertiary/aromatic N) is 1. The molecule has 0 saturated heterocycles. The lowest BCUT2D eigenvalue weighted by Gasteiger charge is -2.08. The fourth-order valence-electron chi connectivity index (χ4n) is 2.39. The number of rotatable bonds is 4. The van der Waals surface area contributed by atoms with Gasteiger partial charge < -0.3 is 4.57 Å². The van der Waals surface area contributed by atoms with Gasteiger partial charge in [0.1, 0.15) is 0 Å². The number of hydrogen-bond acceptors (Lipinski definition) is 2. The lowest BCUT2D eigenvalue weighted by molar-refractivity contribution is 0.0991. The van der Waals surface area contributed by atoms with Crippen LogP contribution in [0.25, 0.3) is 0 Å². The summed E-state index contributed by atoms with van der Waals surface area (Å²) in [4.78, 5) is 14.8. The maximum absolute atomic E-state index is 12.1. The van der Waals surface area contributed by atoms with Crippen LogP contribution in [-0.4, -0.2) is 15.7 Å². The maximum Gasteiger partial charge on any atom is 0.182 e. The summed E-state index contributed by atoms with van der Waals surface area (Å²) in [6, 6.07) is 4.18. The van der Waals surface area contributed by atoms with E-state index in [9.17, 15) is 4.79 Å². The number of alkyl halides is 1. The quantitative estimate of drug-likeness (QED) is 0.595. The molecule has 0 aliphatic rings. The zero-order valence-corrected chi connectivity index (χ0v) is 14.2. The molecular formula is C16H20ClNOS. The summed E-state index contributed by atoms with van der Waals surface area (Å²) >= 11 is 7.74. The minimum atomic E-state index is -0.477. The molecule has 0 fully saturated rings. The lowest BCUT2D eigenvalue weighted by Crippen LogP contribution is -2.12. The average molecular weight is 310 g/mol. The SMILES string of the molecule is Cc1cc(Cn2c(C)cc(C(=O)C(C)Cl)c2C)sc1C. The van der Waals surface area contributed by atoms with E-state index in [2.05, 4.69) is 24.5 Å². The highest BCUT2D eigenvalue weighted by Crippen LogP contribution is 2.25. The van der Waals surface area contributed by atoms with Crippen LogP contribution in [0.4, 0.5) is 0 Å². The Morgan fingerprint density at radius 2 is 1.95 bits per heavy atom. The van der Waals surface area contributed by atoms with Crippen LogP contribution in [0.2, 0.25) is 0 Å². The van der Waals surface area contributed by atoms with Gasteiger partial charge in [0, 0.05) is 26.7 Å². The highest BCUT2D eigenvalue weighted by molar-refractivity contribution is 7.12. The summed E-state index contributed by atoms with van der Waals surface area (Å²) in [6.07, 6.45) is 0. The van der Waals surface area contributed by atoms with Gasteiger partial charge >= 0.3 is 0 Å². The Morgan fingerprint density at radius 3 is 2.45 bits per heavy atom. The van der Waals surface area contributed by atoms with Crippen molar-refractivity contribution in [2.24, 2.45) is 0 Å². The lowest BCUT2D eigenvalue weighted by atomic mass is 10.1. The second-order valence-corrected chi connectivity index (χ2v) is 7.30. The number of aromatic nitrogens is 1. The van der Waals surface area contributed by atoms with Crippen LogP contribution in [0.1, 0.15) is 44.0 Å². The van der Waals surface area contributed by atoms with E-state index < -0.39 is 5.38 Å². The molecule has 20 heavy (non-hydrogen) atoms. The Labute approximate surface area is 129 Å². The number of carbonyl (C=O) groups is 1. The zero-order chi connectivity index (χ0) is 15.0. The molecule has 1 unspecified atom stereocenters. The van der Waals surface area contributed by atoms with Crippen molar-refractivity contribution in [3.8, 4) is 0 Å². The number of hydrogen-bond donors (Lipinski definition) is 0. The minimum absolute atomic E-state index is 0.00422. The molecule has 4 heteroatoms. The number of thiophene rings is 1. The van der Waals surface area contributed by atoms with E-state index in [0.717, 1.165) is 23.5 Å². The van der Waals surface area contributed by atoms with E-state index in [1.165, 1.54) is 15.3 Å². The predicted octanol–water partition coefficient (Wildman–Crippen LogP) is 4.64. The van der Waals surface area contributed by atoms with Gasteiger partial charge in [-0.3, -0.25) is 4.79 Å². The molecule has 0 N–H and O–H groups in total. The van der Waals surface area contributed by atoms with E-state index in [-0.39, 0.29) is 5.78 Å². The molecule has 0 aliphatic heterocycles. The molecule has 0 bridgehead atoms. The molecule has 108 valence electrons. The Balaban J connectivity index is 2.35. The average Bonchev–Trinajstić information content (AvgIpc) is 2.83. The largest absolute Gasteiger partial charge is 0.343 e.